The normalized spacial score (nSPS) is 21.0. The maximum atomic E-state index is 13.7. The molecule has 2 aliphatic heterocycles. The number of nitrogens with zero attached hydrogens (tertiary/aromatic N) is 2. The van der Waals surface area contributed by atoms with Crippen molar-refractivity contribution in [2.45, 2.75) is 49.9 Å². The number of piperidine rings is 1. The zero-order valence-electron chi connectivity index (χ0n) is 17.6. The minimum absolute atomic E-state index is 0.0315. The molecule has 0 saturated carbocycles. The second-order valence-corrected chi connectivity index (χ2v) is 7.93. The maximum absolute atomic E-state index is 13.7. The van der Waals surface area contributed by atoms with Gasteiger partial charge >= 0.3 is 12.1 Å². The van der Waals surface area contributed by atoms with Crippen molar-refractivity contribution in [2.75, 3.05) is 33.9 Å². The van der Waals surface area contributed by atoms with Gasteiger partial charge in [-0.1, -0.05) is 18.2 Å². The van der Waals surface area contributed by atoms with Gasteiger partial charge < -0.3 is 14.7 Å². The number of likely N-dealkylation sites (N-methyl/N-ethyl adjacent to an activating group) is 1. The second kappa shape index (κ2) is 10.4. The van der Waals surface area contributed by atoms with E-state index in [4.69, 9.17) is 14.6 Å². The summed E-state index contributed by atoms with van der Waals surface area (Å²) in [6.45, 7) is 2.29. The van der Waals surface area contributed by atoms with E-state index in [9.17, 15) is 22.4 Å². The first kappa shape index (κ1) is 25.1. The van der Waals surface area contributed by atoms with E-state index in [1.807, 2.05) is 4.90 Å². The Balaban J connectivity index is 0.000000423. The fourth-order valence-electron chi connectivity index (χ4n) is 4.27. The Morgan fingerprint density at radius 3 is 2.29 bits per heavy atom. The van der Waals surface area contributed by atoms with E-state index >= 15 is 0 Å². The number of alkyl halides is 3. The highest BCUT2D eigenvalue weighted by Crippen LogP contribution is 2.40. The number of likely N-dealkylation sites (tertiary alicyclic amines) is 2. The Morgan fingerprint density at radius 2 is 1.77 bits per heavy atom. The van der Waals surface area contributed by atoms with Crippen LogP contribution in [0.1, 0.15) is 31.2 Å². The number of carboxylic acids is 1. The molecule has 1 N–H and O–H groups in total. The van der Waals surface area contributed by atoms with Crippen molar-refractivity contribution in [1.82, 2.24) is 9.80 Å². The molecule has 1 atom stereocenters. The summed E-state index contributed by atoms with van der Waals surface area (Å²) in [7, 11) is 3.94. The fraction of sp³-hybridized carbons (Fsp3) is 0.619. The largest absolute Gasteiger partial charge is 0.490 e. The molecule has 1 aromatic carbocycles. The molecular weight excluding hydrogens is 420 g/mol. The molecule has 2 heterocycles. The van der Waals surface area contributed by atoms with Gasteiger partial charge in [0, 0.05) is 31.8 Å². The highest BCUT2D eigenvalue weighted by atomic mass is 19.4. The molecule has 1 unspecified atom stereocenters. The van der Waals surface area contributed by atoms with Gasteiger partial charge in [-0.3, -0.25) is 9.69 Å². The molecule has 0 radical (unpaired) electrons. The van der Waals surface area contributed by atoms with Crippen molar-refractivity contribution in [3.05, 3.63) is 35.6 Å². The molecule has 3 rings (SSSR count). The van der Waals surface area contributed by atoms with Crippen molar-refractivity contribution in [3.8, 4) is 0 Å². The molecule has 1 spiro atoms. The number of carboxylic acid groups (broad SMARTS) is 1. The Morgan fingerprint density at radius 1 is 1.19 bits per heavy atom. The topological polar surface area (TPSA) is 70.1 Å². The third-order valence-electron chi connectivity index (χ3n) is 6.19. The van der Waals surface area contributed by atoms with Crippen LogP contribution in [0.3, 0.4) is 0 Å². The number of aliphatic carboxylic acids is 1. The van der Waals surface area contributed by atoms with Crippen LogP contribution in [-0.4, -0.2) is 78.4 Å². The predicted molar refractivity (Wildman–Crippen MR) is 105 cm³/mol. The highest BCUT2D eigenvalue weighted by Gasteiger charge is 2.46. The smallest absolute Gasteiger partial charge is 0.475 e. The number of halogens is 4. The maximum Gasteiger partial charge on any atom is 0.490 e. The van der Waals surface area contributed by atoms with Crippen molar-refractivity contribution in [1.29, 1.82) is 0 Å². The first-order chi connectivity index (χ1) is 14.5. The van der Waals surface area contributed by atoms with E-state index in [2.05, 4.69) is 11.9 Å². The average molecular weight is 448 g/mol. The van der Waals surface area contributed by atoms with Crippen molar-refractivity contribution >= 4 is 11.9 Å². The first-order valence-corrected chi connectivity index (χ1v) is 10.0. The van der Waals surface area contributed by atoms with Crippen molar-refractivity contribution in [2.24, 2.45) is 0 Å². The zero-order valence-corrected chi connectivity index (χ0v) is 17.6. The van der Waals surface area contributed by atoms with Gasteiger partial charge in [0.1, 0.15) is 5.82 Å². The number of ether oxygens (including phenoxy) is 1. The average Bonchev–Trinajstić information content (AvgIpc) is 3.00. The summed E-state index contributed by atoms with van der Waals surface area (Å²) < 4.78 is 50.8. The number of methoxy groups -OCH3 is 1. The van der Waals surface area contributed by atoms with E-state index in [0.29, 0.717) is 11.6 Å². The number of amides is 1. The molecule has 10 heteroatoms. The Hall–Kier alpha value is -2.20. The molecule has 1 aromatic rings. The molecule has 0 aromatic heterocycles. The van der Waals surface area contributed by atoms with Crippen molar-refractivity contribution < 1.29 is 37.0 Å². The van der Waals surface area contributed by atoms with Gasteiger partial charge in [-0.2, -0.15) is 13.2 Å². The molecular formula is C21H28F4N2O4. The molecule has 2 saturated heterocycles. The van der Waals surface area contributed by atoms with E-state index in [0.717, 1.165) is 39.0 Å². The van der Waals surface area contributed by atoms with Crippen LogP contribution in [0.2, 0.25) is 0 Å². The lowest BCUT2D eigenvalue weighted by atomic mass is 9.85. The van der Waals surface area contributed by atoms with Gasteiger partial charge in [0.05, 0.1) is 13.0 Å². The van der Waals surface area contributed by atoms with E-state index in [1.54, 1.807) is 25.3 Å². The van der Waals surface area contributed by atoms with Gasteiger partial charge in [0.15, 0.2) is 0 Å². The van der Waals surface area contributed by atoms with Crippen molar-refractivity contribution in [3.63, 3.8) is 0 Å². The lowest BCUT2D eigenvalue weighted by Crippen LogP contribution is -2.54. The zero-order chi connectivity index (χ0) is 23.2. The number of carbonyl (C=O) groups excluding carboxylic acids is 1. The predicted octanol–water partition coefficient (Wildman–Crippen LogP) is 3.10. The third kappa shape index (κ3) is 6.39. The Kier molecular flexibility index (Phi) is 8.41. The molecule has 6 nitrogen and oxygen atoms in total. The number of rotatable bonds is 4. The summed E-state index contributed by atoms with van der Waals surface area (Å²) in [6, 6.07) is 7.02. The monoisotopic (exact) mass is 448 g/mol. The second-order valence-electron chi connectivity index (χ2n) is 7.93. The fourth-order valence-corrected chi connectivity index (χ4v) is 4.27. The van der Waals surface area contributed by atoms with Crippen LogP contribution in [0.25, 0.3) is 0 Å². The summed E-state index contributed by atoms with van der Waals surface area (Å²) in [6.07, 6.45) is -0.609. The SMILES string of the molecule is COCC1CCC2(CCN(C(=O)Cc3ccccc3F)CC2)N1C.O=C(O)C(F)(F)F. The molecule has 31 heavy (non-hydrogen) atoms. The molecule has 174 valence electrons. The molecule has 1 amide bonds. The lowest BCUT2D eigenvalue weighted by Gasteiger charge is -2.45. The number of hydrogen-bond donors (Lipinski definition) is 1. The number of carbonyl (C=O) groups is 2. The Bertz CT molecular complexity index is 764. The number of benzene rings is 1. The van der Waals surface area contributed by atoms with Gasteiger partial charge in [0.2, 0.25) is 5.91 Å². The first-order valence-electron chi connectivity index (χ1n) is 10.0. The van der Waals surface area contributed by atoms with Gasteiger partial charge in [-0.05, 0) is 44.4 Å². The summed E-state index contributed by atoms with van der Waals surface area (Å²) >= 11 is 0. The van der Waals surface area contributed by atoms with Crippen LogP contribution in [0.5, 0.6) is 0 Å². The molecule has 2 aliphatic rings. The quantitative estimate of drug-likeness (QED) is 0.717. The minimum Gasteiger partial charge on any atom is -0.475 e. The van der Waals surface area contributed by atoms with Gasteiger partial charge in [-0.15, -0.1) is 0 Å². The minimum atomic E-state index is -5.08. The van der Waals surface area contributed by atoms with Crippen LogP contribution >= 0.6 is 0 Å². The standard InChI is InChI=1S/C19H27FN2O2.C2HF3O2/c1-21-16(14-24-2)7-8-19(21)9-11-22(12-10-19)18(23)13-15-5-3-4-6-17(15)20;3-2(4,5)1(6)7/h3-6,16H,7-14H2,1-2H3;(H,6,7). The van der Waals surface area contributed by atoms with Crippen LogP contribution in [0.15, 0.2) is 24.3 Å². The van der Waals surface area contributed by atoms with E-state index < -0.39 is 12.1 Å². The summed E-state index contributed by atoms with van der Waals surface area (Å²) in [5, 5.41) is 7.12. The van der Waals surface area contributed by atoms with Crippen LogP contribution < -0.4 is 0 Å². The molecule has 0 aliphatic carbocycles. The highest BCUT2D eigenvalue weighted by molar-refractivity contribution is 5.79. The van der Waals surface area contributed by atoms with Gasteiger partial charge in [0.25, 0.3) is 0 Å². The van der Waals surface area contributed by atoms with Gasteiger partial charge in [-0.25, -0.2) is 9.18 Å². The summed E-state index contributed by atoms with van der Waals surface area (Å²) in [4.78, 5) is 25.8. The molecule has 2 fully saturated rings. The van der Waals surface area contributed by atoms with Crippen LogP contribution in [0.4, 0.5) is 17.6 Å². The summed E-state index contributed by atoms with van der Waals surface area (Å²) in [5.74, 6) is -3.02. The Labute approximate surface area is 178 Å². The lowest BCUT2D eigenvalue weighted by molar-refractivity contribution is -0.192. The van der Waals surface area contributed by atoms with Crippen LogP contribution in [0, 0.1) is 5.82 Å². The van der Waals surface area contributed by atoms with Crippen LogP contribution in [-0.2, 0) is 20.7 Å². The summed E-state index contributed by atoms with van der Waals surface area (Å²) in [5.41, 5.74) is 0.693. The number of hydrogen-bond acceptors (Lipinski definition) is 4. The van der Waals surface area contributed by atoms with E-state index in [-0.39, 0.29) is 23.7 Å². The van der Waals surface area contributed by atoms with E-state index in [1.165, 1.54) is 12.5 Å². The third-order valence-corrected chi connectivity index (χ3v) is 6.19. The molecule has 0 bridgehead atoms.